The number of benzene rings is 2. The zero-order valence-electron chi connectivity index (χ0n) is 16.0. The predicted octanol–water partition coefficient (Wildman–Crippen LogP) is 3.81. The maximum atomic E-state index is 12.6. The van der Waals surface area contributed by atoms with Crippen molar-refractivity contribution in [2.24, 2.45) is 5.16 Å². The first-order chi connectivity index (χ1) is 14.2. The normalized spacial score (nSPS) is 15.3. The topological polar surface area (TPSA) is 72.8 Å². The van der Waals surface area contributed by atoms with Crippen LogP contribution in [0.2, 0.25) is 0 Å². The van der Waals surface area contributed by atoms with Crippen molar-refractivity contribution in [2.75, 3.05) is 12.4 Å². The molecule has 0 spiro atoms. The highest BCUT2D eigenvalue weighted by atomic mass is 16.6. The number of nitrogens with one attached hydrogen (secondary N) is 1. The maximum Gasteiger partial charge on any atom is 0.268 e. The number of pyridine rings is 1. The van der Waals surface area contributed by atoms with Crippen molar-refractivity contribution in [2.45, 2.75) is 18.9 Å². The Bertz CT molecular complexity index is 1020. The molecule has 2 heterocycles. The number of methoxy groups -OCH3 is 1. The molecule has 146 valence electrons. The van der Waals surface area contributed by atoms with Gasteiger partial charge >= 0.3 is 0 Å². The van der Waals surface area contributed by atoms with Crippen molar-refractivity contribution in [1.29, 1.82) is 0 Å². The highest BCUT2D eigenvalue weighted by Gasteiger charge is 2.30. The Morgan fingerprint density at radius 1 is 1.07 bits per heavy atom. The van der Waals surface area contributed by atoms with Crippen molar-refractivity contribution in [3.63, 3.8) is 0 Å². The molecule has 2 aromatic carbocycles. The third-order valence-corrected chi connectivity index (χ3v) is 4.76. The van der Waals surface area contributed by atoms with Gasteiger partial charge in [-0.2, -0.15) is 0 Å². The van der Waals surface area contributed by atoms with E-state index in [1.54, 1.807) is 19.5 Å². The molecule has 29 heavy (non-hydrogen) atoms. The number of ether oxygens (including phenoxy) is 1. The van der Waals surface area contributed by atoms with Gasteiger partial charge in [0.25, 0.3) is 5.91 Å². The summed E-state index contributed by atoms with van der Waals surface area (Å²) in [6, 6.07) is 19.3. The van der Waals surface area contributed by atoms with Crippen LogP contribution in [0.4, 0.5) is 5.69 Å². The van der Waals surface area contributed by atoms with E-state index in [1.165, 1.54) is 5.56 Å². The lowest BCUT2D eigenvalue weighted by molar-refractivity contribution is -0.125. The van der Waals surface area contributed by atoms with Gasteiger partial charge in [-0.3, -0.25) is 9.78 Å². The largest absolute Gasteiger partial charge is 0.496 e. The molecular weight excluding hydrogens is 366 g/mol. The van der Waals surface area contributed by atoms with Gasteiger partial charge in [0.2, 0.25) is 6.10 Å². The number of para-hydroxylation sites is 1. The molecule has 1 amide bonds. The van der Waals surface area contributed by atoms with E-state index >= 15 is 0 Å². The van der Waals surface area contributed by atoms with Gasteiger partial charge in [-0.25, -0.2) is 0 Å². The van der Waals surface area contributed by atoms with Gasteiger partial charge in [0.1, 0.15) is 5.75 Å². The van der Waals surface area contributed by atoms with Crippen LogP contribution in [0.3, 0.4) is 0 Å². The Morgan fingerprint density at radius 3 is 2.55 bits per heavy atom. The average molecular weight is 387 g/mol. The van der Waals surface area contributed by atoms with Crippen LogP contribution in [0.15, 0.2) is 78.2 Å². The molecular formula is C23H21N3O3. The van der Waals surface area contributed by atoms with Gasteiger partial charge in [-0.1, -0.05) is 29.4 Å². The molecule has 3 aromatic rings. The number of oxime groups is 1. The zero-order valence-corrected chi connectivity index (χ0v) is 16.0. The number of carbonyl (C=O) groups excluding carboxylic acids is 1. The zero-order chi connectivity index (χ0) is 20.1. The minimum atomic E-state index is -0.661. The van der Waals surface area contributed by atoms with Crippen LogP contribution in [0.25, 0.3) is 0 Å². The van der Waals surface area contributed by atoms with Crippen LogP contribution in [0.1, 0.15) is 23.1 Å². The summed E-state index contributed by atoms with van der Waals surface area (Å²) in [6.07, 6.45) is 4.12. The van der Waals surface area contributed by atoms with E-state index in [4.69, 9.17) is 9.57 Å². The summed E-state index contributed by atoms with van der Waals surface area (Å²) in [4.78, 5) is 22.0. The number of hydrogen-bond acceptors (Lipinski definition) is 5. The van der Waals surface area contributed by atoms with Gasteiger partial charge in [0.15, 0.2) is 0 Å². The number of nitrogens with zero attached hydrogens (tertiary/aromatic N) is 2. The van der Waals surface area contributed by atoms with Crippen LogP contribution < -0.4 is 10.1 Å². The van der Waals surface area contributed by atoms with Gasteiger partial charge in [-0.15, -0.1) is 0 Å². The second-order valence-electron chi connectivity index (χ2n) is 6.75. The van der Waals surface area contributed by atoms with Crippen LogP contribution in [0, 0.1) is 0 Å². The van der Waals surface area contributed by atoms with Crippen molar-refractivity contribution in [3.05, 3.63) is 89.7 Å². The number of rotatable bonds is 6. The molecule has 6 nitrogen and oxygen atoms in total. The quantitative estimate of drug-likeness (QED) is 0.698. The Kier molecular flexibility index (Phi) is 5.52. The number of carbonyl (C=O) groups is 1. The molecule has 0 fully saturated rings. The molecule has 0 radical (unpaired) electrons. The first-order valence-corrected chi connectivity index (χ1v) is 9.38. The fourth-order valence-corrected chi connectivity index (χ4v) is 3.23. The molecule has 0 aliphatic carbocycles. The first kappa shape index (κ1) is 18.7. The van der Waals surface area contributed by atoms with Crippen LogP contribution >= 0.6 is 0 Å². The lowest BCUT2D eigenvalue weighted by atomic mass is 10.0. The summed E-state index contributed by atoms with van der Waals surface area (Å²) < 4.78 is 5.36. The Hall–Kier alpha value is -3.67. The SMILES string of the molecule is COc1ccccc1C1=NOC(C(=O)Nc2ccc(Cc3ccncc3)cc2)C1. The summed E-state index contributed by atoms with van der Waals surface area (Å²) >= 11 is 0. The lowest BCUT2D eigenvalue weighted by Gasteiger charge is -2.10. The number of hydrogen-bond donors (Lipinski definition) is 1. The minimum absolute atomic E-state index is 0.222. The lowest BCUT2D eigenvalue weighted by Crippen LogP contribution is -2.28. The second-order valence-corrected chi connectivity index (χ2v) is 6.75. The number of aromatic nitrogens is 1. The highest BCUT2D eigenvalue weighted by molar-refractivity contribution is 6.07. The molecule has 1 aliphatic heterocycles. The molecule has 1 aromatic heterocycles. The van der Waals surface area contributed by atoms with Crippen molar-refractivity contribution in [1.82, 2.24) is 4.98 Å². The summed E-state index contributed by atoms with van der Waals surface area (Å²) in [5, 5.41) is 6.99. The summed E-state index contributed by atoms with van der Waals surface area (Å²) in [5.74, 6) is 0.487. The molecule has 6 heteroatoms. The molecule has 1 aliphatic rings. The van der Waals surface area contributed by atoms with Gasteiger partial charge in [-0.05, 0) is 53.9 Å². The van der Waals surface area contributed by atoms with Crippen LogP contribution in [-0.4, -0.2) is 29.8 Å². The second kappa shape index (κ2) is 8.56. The smallest absolute Gasteiger partial charge is 0.268 e. The van der Waals surface area contributed by atoms with Crippen molar-refractivity contribution >= 4 is 17.3 Å². The molecule has 0 saturated heterocycles. The molecule has 0 bridgehead atoms. The number of amides is 1. The Labute approximate surface area is 169 Å². The molecule has 4 rings (SSSR count). The summed E-state index contributed by atoms with van der Waals surface area (Å²) in [7, 11) is 1.61. The number of anilines is 1. The van der Waals surface area contributed by atoms with E-state index < -0.39 is 6.10 Å². The fourth-order valence-electron chi connectivity index (χ4n) is 3.23. The van der Waals surface area contributed by atoms with E-state index in [2.05, 4.69) is 15.5 Å². The monoisotopic (exact) mass is 387 g/mol. The third kappa shape index (κ3) is 4.43. The molecule has 1 unspecified atom stereocenters. The standard InChI is InChI=1S/C23H21N3O3/c1-28-21-5-3-2-4-19(21)20-15-22(29-26-20)23(27)25-18-8-6-16(7-9-18)14-17-10-12-24-13-11-17/h2-13,22H,14-15H2,1H3,(H,25,27). The third-order valence-electron chi connectivity index (χ3n) is 4.76. The average Bonchev–Trinajstić information content (AvgIpc) is 3.26. The first-order valence-electron chi connectivity index (χ1n) is 9.38. The minimum Gasteiger partial charge on any atom is -0.496 e. The summed E-state index contributed by atoms with van der Waals surface area (Å²) in [6.45, 7) is 0. The van der Waals surface area contributed by atoms with E-state index in [-0.39, 0.29) is 5.91 Å². The van der Waals surface area contributed by atoms with E-state index in [1.807, 2.05) is 60.7 Å². The van der Waals surface area contributed by atoms with Crippen molar-refractivity contribution in [3.8, 4) is 5.75 Å². The van der Waals surface area contributed by atoms with Gasteiger partial charge < -0.3 is 14.9 Å². The van der Waals surface area contributed by atoms with Gasteiger partial charge in [0, 0.05) is 30.1 Å². The van der Waals surface area contributed by atoms with Crippen LogP contribution in [-0.2, 0) is 16.1 Å². The molecule has 1 N–H and O–H groups in total. The van der Waals surface area contributed by atoms with E-state index in [0.29, 0.717) is 17.9 Å². The molecule has 1 atom stereocenters. The Morgan fingerprint density at radius 2 is 1.79 bits per heavy atom. The molecule has 0 saturated carbocycles. The van der Waals surface area contributed by atoms with Gasteiger partial charge in [0.05, 0.1) is 12.8 Å². The highest BCUT2D eigenvalue weighted by Crippen LogP contribution is 2.25. The predicted molar refractivity (Wildman–Crippen MR) is 111 cm³/mol. The van der Waals surface area contributed by atoms with Crippen molar-refractivity contribution < 1.29 is 14.4 Å². The maximum absolute atomic E-state index is 12.6. The van der Waals surface area contributed by atoms with E-state index in [0.717, 1.165) is 23.2 Å². The van der Waals surface area contributed by atoms with E-state index in [9.17, 15) is 4.79 Å². The Balaban J connectivity index is 1.35. The van der Waals surface area contributed by atoms with Crippen LogP contribution in [0.5, 0.6) is 5.75 Å². The fraction of sp³-hybridized carbons (Fsp3) is 0.174. The summed E-state index contributed by atoms with van der Waals surface area (Å²) in [5.41, 5.74) is 4.62.